The average molecular weight is 344 g/mol. The van der Waals surface area contributed by atoms with Crippen molar-refractivity contribution in [1.29, 1.82) is 0 Å². The summed E-state index contributed by atoms with van der Waals surface area (Å²) >= 11 is 3.38. The maximum atomic E-state index is 12.2. The van der Waals surface area contributed by atoms with Gasteiger partial charge < -0.3 is 10.1 Å². The lowest BCUT2D eigenvalue weighted by Gasteiger charge is -2.19. The van der Waals surface area contributed by atoms with Crippen molar-refractivity contribution in [3.8, 4) is 0 Å². The molecule has 1 N–H and O–H groups in total. The molecule has 1 aromatic rings. The first-order valence-corrected chi connectivity index (χ1v) is 7.73. The number of hydrogen-bond donors (Lipinski definition) is 1. The Kier molecular flexibility index (Phi) is 4.86. The van der Waals surface area contributed by atoms with Crippen LogP contribution in [0.15, 0.2) is 15.5 Å². The van der Waals surface area contributed by atoms with Crippen molar-refractivity contribution in [2.75, 3.05) is 19.0 Å². The molecule has 1 aliphatic carbocycles. The fourth-order valence-electron chi connectivity index (χ4n) is 2.68. The average Bonchev–Trinajstić information content (AvgIpc) is 2.74. The molecule has 1 heterocycles. The Hall–Kier alpha value is -0.880. The molecule has 0 spiro atoms. The molecular weight excluding hydrogens is 322 g/mol. The van der Waals surface area contributed by atoms with Gasteiger partial charge in [-0.05, 0) is 40.6 Å². The van der Waals surface area contributed by atoms with Crippen molar-refractivity contribution in [2.45, 2.75) is 45.7 Å². The van der Waals surface area contributed by atoms with Crippen LogP contribution in [-0.4, -0.2) is 29.5 Å². The fraction of sp³-hybridized carbons (Fsp3) is 0.714. The molecule has 0 bridgehead atoms. The Balaban J connectivity index is 2.10. The van der Waals surface area contributed by atoms with Gasteiger partial charge in [0.25, 0.3) is 5.56 Å². The third kappa shape index (κ3) is 3.61. The maximum absolute atomic E-state index is 12.2. The lowest BCUT2D eigenvalue weighted by atomic mass is 9.92. The fourth-order valence-corrected chi connectivity index (χ4v) is 3.10. The van der Waals surface area contributed by atoms with E-state index in [0.717, 1.165) is 18.5 Å². The number of ether oxygens (including phenoxy) is 1. The number of nitrogens with zero attached hydrogens (tertiary/aromatic N) is 2. The van der Waals surface area contributed by atoms with Gasteiger partial charge >= 0.3 is 0 Å². The molecule has 5 nitrogen and oxygen atoms in total. The van der Waals surface area contributed by atoms with Gasteiger partial charge in [-0.25, -0.2) is 4.68 Å². The van der Waals surface area contributed by atoms with E-state index in [1.807, 2.05) is 0 Å². The molecule has 1 aliphatic rings. The molecule has 0 aromatic carbocycles. The van der Waals surface area contributed by atoms with Crippen LogP contribution in [0.2, 0.25) is 0 Å². The van der Waals surface area contributed by atoms with E-state index in [4.69, 9.17) is 4.74 Å². The zero-order valence-corrected chi connectivity index (χ0v) is 13.9. The van der Waals surface area contributed by atoms with Gasteiger partial charge in [0.2, 0.25) is 0 Å². The van der Waals surface area contributed by atoms with E-state index in [-0.39, 0.29) is 5.56 Å². The standard InChI is InChI=1S/C14H22BrN3O2/c1-14(2)5-4-10(8-14)17-11-9-16-18(6-7-20-3)13(19)12(11)15/h9-10,17H,4-8H2,1-3H3. The summed E-state index contributed by atoms with van der Waals surface area (Å²) in [6.07, 6.45) is 5.17. The van der Waals surface area contributed by atoms with Crippen LogP contribution < -0.4 is 10.9 Å². The number of methoxy groups -OCH3 is 1. The lowest BCUT2D eigenvalue weighted by molar-refractivity contribution is 0.181. The van der Waals surface area contributed by atoms with Crippen LogP contribution in [0.3, 0.4) is 0 Å². The topological polar surface area (TPSA) is 56.1 Å². The lowest BCUT2D eigenvalue weighted by Crippen LogP contribution is -2.27. The van der Waals surface area contributed by atoms with Crippen molar-refractivity contribution in [1.82, 2.24) is 9.78 Å². The van der Waals surface area contributed by atoms with Gasteiger partial charge in [0.15, 0.2) is 0 Å². The van der Waals surface area contributed by atoms with E-state index in [1.54, 1.807) is 13.3 Å². The number of halogens is 1. The zero-order valence-electron chi connectivity index (χ0n) is 12.3. The van der Waals surface area contributed by atoms with Gasteiger partial charge in [0.1, 0.15) is 4.47 Å². The Labute approximate surface area is 127 Å². The van der Waals surface area contributed by atoms with E-state index in [9.17, 15) is 4.79 Å². The molecule has 0 saturated heterocycles. The first-order chi connectivity index (χ1) is 9.43. The van der Waals surface area contributed by atoms with Gasteiger partial charge in [0, 0.05) is 13.2 Å². The third-order valence-corrected chi connectivity index (χ3v) is 4.59. The van der Waals surface area contributed by atoms with Gasteiger partial charge in [0.05, 0.1) is 25.0 Å². The predicted molar refractivity (Wildman–Crippen MR) is 83.1 cm³/mol. The Morgan fingerprint density at radius 2 is 2.35 bits per heavy atom. The summed E-state index contributed by atoms with van der Waals surface area (Å²) in [5.74, 6) is 0. The van der Waals surface area contributed by atoms with Gasteiger partial charge in [-0.1, -0.05) is 13.8 Å². The minimum absolute atomic E-state index is 0.121. The Bertz CT molecular complexity index is 528. The highest BCUT2D eigenvalue weighted by Crippen LogP contribution is 2.38. The van der Waals surface area contributed by atoms with Crippen molar-refractivity contribution in [3.05, 3.63) is 21.0 Å². The quantitative estimate of drug-likeness (QED) is 0.892. The van der Waals surface area contributed by atoms with Crippen LogP contribution in [-0.2, 0) is 11.3 Å². The second kappa shape index (κ2) is 6.26. The van der Waals surface area contributed by atoms with Crippen LogP contribution in [0.1, 0.15) is 33.1 Å². The summed E-state index contributed by atoms with van der Waals surface area (Å²) in [5, 5.41) is 7.62. The second-order valence-electron chi connectivity index (χ2n) is 6.14. The predicted octanol–water partition coefficient (Wildman–Crippen LogP) is 2.64. The van der Waals surface area contributed by atoms with Crippen molar-refractivity contribution < 1.29 is 4.74 Å². The third-order valence-electron chi connectivity index (χ3n) is 3.82. The van der Waals surface area contributed by atoms with Crippen LogP contribution in [0.5, 0.6) is 0 Å². The first-order valence-electron chi connectivity index (χ1n) is 6.94. The summed E-state index contributed by atoms with van der Waals surface area (Å²) < 4.78 is 6.93. The summed E-state index contributed by atoms with van der Waals surface area (Å²) in [4.78, 5) is 12.2. The highest BCUT2D eigenvalue weighted by molar-refractivity contribution is 9.10. The zero-order chi connectivity index (χ0) is 14.8. The molecular formula is C14H22BrN3O2. The number of nitrogens with one attached hydrogen (secondary N) is 1. The molecule has 112 valence electrons. The van der Waals surface area contributed by atoms with Crippen LogP contribution in [0.25, 0.3) is 0 Å². The van der Waals surface area contributed by atoms with Crippen molar-refractivity contribution in [3.63, 3.8) is 0 Å². The summed E-state index contributed by atoms with van der Waals surface area (Å²) in [7, 11) is 1.61. The number of hydrogen-bond acceptors (Lipinski definition) is 4. The molecule has 1 aromatic heterocycles. The molecule has 0 radical (unpaired) electrons. The van der Waals surface area contributed by atoms with E-state index in [0.29, 0.717) is 29.1 Å². The molecule has 1 unspecified atom stereocenters. The molecule has 1 fully saturated rings. The minimum atomic E-state index is -0.121. The van der Waals surface area contributed by atoms with Gasteiger partial charge in [-0.15, -0.1) is 0 Å². The minimum Gasteiger partial charge on any atom is -0.383 e. The summed E-state index contributed by atoms with van der Waals surface area (Å²) in [6, 6.07) is 0.414. The van der Waals surface area contributed by atoms with E-state index >= 15 is 0 Å². The maximum Gasteiger partial charge on any atom is 0.283 e. The normalized spacial score (nSPS) is 21.1. The van der Waals surface area contributed by atoms with E-state index < -0.39 is 0 Å². The van der Waals surface area contributed by atoms with Crippen LogP contribution >= 0.6 is 15.9 Å². The largest absolute Gasteiger partial charge is 0.383 e. The summed E-state index contributed by atoms with van der Waals surface area (Å²) in [5.41, 5.74) is 1.04. The molecule has 0 aliphatic heterocycles. The van der Waals surface area contributed by atoms with Gasteiger partial charge in [-0.3, -0.25) is 4.79 Å². The highest BCUT2D eigenvalue weighted by Gasteiger charge is 2.31. The van der Waals surface area contributed by atoms with Crippen molar-refractivity contribution >= 4 is 21.6 Å². The first kappa shape index (κ1) is 15.5. The molecule has 0 amide bonds. The SMILES string of the molecule is COCCn1ncc(NC2CCC(C)(C)C2)c(Br)c1=O. The second-order valence-corrected chi connectivity index (χ2v) is 6.93. The number of aromatic nitrogens is 2. The van der Waals surface area contributed by atoms with Crippen LogP contribution in [0.4, 0.5) is 5.69 Å². The molecule has 20 heavy (non-hydrogen) atoms. The Morgan fingerprint density at radius 3 is 2.95 bits per heavy atom. The Morgan fingerprint density at radius 1 is 1.60 bits per heavy atom. The number of rotatable bonds is 5. The van der Waals surface area contributed by atoms with E-state index in [1.165, 1.54) is 11.1 Å². The molecule has 1 atom stereocenters. The molecule has 2 rings (SSSR count). The van der Waals surface area contributed by atoms with Crippen LogP contribution in [0, 0.1) is 5.41 Å². The van der Waals surface area contributed by atoms with Gasteiger partial charge in [-0.2, -0.15) is 5.10 Å². The number of anilines is 1. The molecule has 6 heteroatoms. The molecule has 1 saturated carbocycles. The summed E-state index contributed by atoms with van der Waals surface area (Å²) in [6.45, 7) is 5.50. The van der Waals surface area contributed by atoms with Crippen molar-refractivity contribution in [2.24, 2.45) is 5.41 Å². The smallest absolute Gasteiger partial charge is 0.283 e. The van der Waals surface area contributed by atoms with E-state index in [2.05, 4.69) is 40.2 Å². The highest BCUT2D eigenvalue weighted by atomic mass is 79.9. The monoisotopic (exact) mass is 343 g/mol.